The van der Waals surface area contributed by atoms with Crippen LogP contribution in [0, 0.1) is 13.8 Å². The molecule has 3 aromatic rings. The molecule has 1 aromatic carbocycles. The number of aromatic amines is 1. The van der Waals surface area contributed by atoms with E-state index in [1.165, 1.54) is 14.6 Å². The zero-order valence-electron chi connectivity index (χ0n) is 11.2. The molecule has 0 saturated heterocycles. The number of anilines is 2. The van der Waals surface area contributed by atoms with Crippen LogP contribution in [0.4, 0.5) is 11.6 Å². The smallest absolute Gasteiger partial charge is 0.223 e. The highest BCUT2D eigenvalue weighted by Crippen LogP contribution is 2.31. The summed E-state index contributed by atoms with van der Waals surface area (Å²) in [5.74, 6) is 0.657. The first-order valence-electron chi connectivity index (χ1n) is 6.19. The number of aryl methyl sites for hydroxylation is 2. The molecular weight excluding hydrogens is 288 g/mol. The van der Waals surface area contributed by atoms with Crippen LogP contribution < -0.4 is 5.32 Å². The van der Waals surface area contributed by atoms with Gasteiger partial charge in [-0.2, -0.15) is 4.98 Å². The van der Waals surface area contributed by atoms with E-state index in [0.717, 1.165) is 10.8 Å². The molecule has 2 heterocycles. The molecule has 0 spiro atoms. The summed E-state index contributed by atoms with van der Waals surface area (Å²) in [5, 5.41) is 11.0. The third-order valence-corrected chi connectivity index (χ3v) is 4.68. The fraction of sp³-hybridized carbons (Fsp3) is 0.143. The number of hydrogen-bond acceptors (Lipinski definition) is 5. The summed E-state index contributed by atoms with van der Waals surface area (Å²) >= 11 is 3.31. The minimum Gasteiger partial charge on any atom is -0.325 e. The molecule has 0 unspecified atom stereocenters. The lowest BCUT2D eigenvalue weighted by Crippen LogP contribution is -1.92. The molecular formula is C14H14N4S2. The molecule has 0 bridgehead atoms. The summed E-state index contributed by atoms with van der Waals surface area (Å²) in [6.07, 6.45) is 0. The average Bonchev–Trinajstić information content (AvgIpc) is 3.02. The van der Waals surface area contributed by atoms with Gasteiger partial charge in [0.15, 0.2) is 0 Å². The highest BCUT2D eigenvalue weighted by atomic mass is 32.2. The third kappa shape index (κ3) is 3.20. The lowest BCUT2D eigenvalue weighted by Gasteiger charge is -2.01. The number of hydrogen-bond donors (Lipinski definition) is 2. The summed E-state index contributed by atoms with van der Waals surface area (Å²) in [4.78, 5) is 5.72. The molecule has 0 fully saturated rings. The molecule has 0 radical (unpaired) electrons. The zero-order chi connectivity index (χ0) is 13.9. The van der Waals surface area contributed by atoms with E-state index in [2.05, 4.69) is 58.6 Å². The van der Waals surface area contributed by atoms with Crippen LogP contribution in [0.2, 0.25) is 0 Å². The molecule has 0 aliphatic rings. The maximum absolute atomic E-state index is 4.42. The van der Waals surface area contributed by atoms with Gasteiger partial charge in [-0.05, 0) is 49.9 Å². The molecule has 0 atom stereocenters. The first-order chi connectivity index (χ1) is 9.69. The van der Waals surface area contributed by atoms with Crippen molar-refractivity contribution in [3.8, 4) is 0 Å². The maximum atomic E-state index is 4.42. The maximum Gasteiger partial charge on any atom is 0.223 e. The van der Waals surface area contributed by atoms with Gasteiger partial charge in [0.1, 0.15) is 0 Å². The number of nitrogens with one attached hydrogen (secondary N) is 2. The number of aromatic nitrogens is 3. The Labute approximate surface area is 125 Å². The van der Waals surface area contributed by atoms with Crippen LogP contribution in [0.3, 0.4) is 0 Å². The van der Waals surface area contributed by atoms with Gasteiger partial charge in [0.2, 0.25) is 11.1 Å². The number of thiophene rings is 1. The minimum atomic E-state index is 0.657. The molecule has 0 amide bonds. The van der Waals surface area contributed by atoms with Crippen molar-refractivity contribution in [1.82, 2.24) is 15.2 Å². The molecule has 0 aliphatic heterocycles. The lowest BCUT2D eigenvalue weighted by atomic mass is 10.2. The van der Waals surface area contributed by atoms with Crippen LogP contribution in [-0.4, -0.2) is 15.2 Å². The largest absolute Gasteiger partial charge is 0.325 e. The Morgan fingerprint density at radius 3 is 2.60 bits per heavy atom. The van der Waals surface area contributed by atoms with Crippen molar-refractivity contribution in [3.63, 3.8) is 0 Å². The Hall–Kier alpha value is -1.79. The van der Waals surface area contributed by atoms with Gasteiger partial charge in [0, 0.05) is 10.6 Å². The predicted molar refractivity (Wildman–Crippen MR) is 84.0 cm³/mol. The van der Waals surface area contributed by atoms with Gasteiger partial charge in [-0.25, -0.2) is 5.10 Å². The zero-order valence-corrected chi connectivity index (χ0v) is 12.8. The molecule has 6 heteroatoms. The van der Waals surface area contributed by atoms with E-state index in [4.69, 9.17) is 0 Å². The molecule has 2 N–H and O–H groups in total. The van der Waals surface area contributed by atoms with Crippen molar-refractivity contribution < 1.29 is 0 Å². The van der Waals surface area contributed by atoms with Crippen LogP contribution in [-0.2, 0) is 0 Å². The van der Waals surface area contributed by atoms with Gasteiger partial charge in [-0.1, -0.05) is 17.7 Å². The average molecular weight is 302 g/mol. The summed E-state index contributed by atoms with van der Waals surface area (Å²) in [5.41, 5.74) is 2.23. The first-order valence-corrected chi connectivity index (χ1v) is 7.83. The SMILES string of the molecule is Cc1ccc(Nc2nc(Sc3ccc(C)s3)n[nH]2)cc1. The molecule has 4 nitrogen and oxygen atoms in total. The molecule has 20 heavy (non-hydrogen) atoms. The van der Waals surface area contributed by atoms with Crippen LogP contribution in [0.5, 0.6) is 0 Å². The Kier molecular flexibility index (Phi) is 3.75. The fourth-order valence-corrected chi connectivity index (χ4v) is 3.60. The Bertz CT molecular complexity index is 700. The number of benzene rings is 1. The topological polar surface area (TPSA) is 53.6 Å². The highest BCUT2D eigenvalue weighted by Gasteiger charge is 2.07. The Morgan fingerprint density at radius 1 is 1.10 bits per heavy atom. The van der Waals surface area contributed by atoms with Crippen molar-refractivity contribution in [3.05, 3.63) is 46.8 Å². The second-order valence-electron chi connectivity index (χ2n) is 4.42. The normalized spacial score (nSPS) is 10.7. The van der Waals surface area contributed by atoms with Gasteiger partial charge in [-0.15, -0.1) is 16.4 Å². The van der Waals surface area contributed by atoms with E-state index < -0.39 is 0 Å². The number of nitrogens with zero attached hydrogens (tertiary/aromatic N) is 2. The standard InChI is InChI=1S/C14H14N4S2/c1-9-3-6-11(7-4-9)15-13-16-14(18-17-13)20-12-8-5-10(2)19-12/h3-8H,1-2H3,(H2,15,16,17,18). The predicted octanol–water partition coefficient (Wildman–Crippen LogP) is 4.38. The Balaban J connectivity index is 1.68. The van der Waals surface area contributed by atoms with Crippen molar-refractivity contribution >= 4 is 34.7 Å². The number of rotatable bonds is 4. The van der Waals surface area contributed by atoms with E-state index in [1.807, 2.05) is 12.1 Å². The van der Waals surface area contributed by atoms with Crippen LogP contribution in [0.1, 0.15) is 10.4 Å². The van der Waals surface area contributed by atoms with Crippen molar-refractivity contribution in [2.75, 3.05) is 5.32 Å². The van der Waals surface area contributed by atoms with E-state index in [0.29, 0.717) is 5.95 Å². The van der Waals surface area contributed by atoms with Gasteiger partial charge in [0.25, 0.3) is 0 Å². The van der Waals surface area contributed by atoms with Gasteiger partial charge in [-0.3, -0.25) is 0 Å². The number of H-pyrrole nitrogens is 1. The van der Waals surface area contributed by atoms with E-state index in [1.54, 1.807) is 23.1 Å². The van der Waals surface area contributed by atoms with Crippen molar-refractivity contribution in [1.29, 1.82) is 0 Å². The van der Waals surface area contributed by atoms with Gasteiger partial charge in [0.05, 0.1) is 4.21 Å². The van der Waals surface area contributed by atoms with Crippen molar-refractivity contribution in [2.24, 2.45) is 0 Å². The highest BCUT2D eigenvalue weighted by molar-refractivity contribution is 8.01. The van der Waals surface area contributed by atoms with Crippen LogP contribution in [0.25, 0.3) is 0 Å². The van der Waals surface area contributed by atoms with Gasteiger partial charge >= 0.3 is 0 Å². The van der Waals surface area contributed by atoms with Crippen molar-refractivity contribution in [2.45, 2.75) is 23.2 Å². The second kappa shape index (κ2) is 5.68. The monoisotopic (exact) mass is 302 g/mol. The fourth-order valence-electron chi connectivity index (χ4n) is 1.68. The van der Waals surface area contributed by atoms with E-state index >= 15 is 0 Å². The van der Waals surface area contributed by atoms with Crippen LogP contribution in [0.15, 0.2) is 45.8 Å². The summed E-state index contributed by atoms with van der Waals surface area (Å²) in [7, 11) is 0. The summed E-state index contributed by atoms with van der Waals surface area (Å²) in [6.45, 7) is 4.16. The van der Waals surface area contributed by atoms with Gasteiger partial charge < -0.3 is 5.32 Å². The molecule has 0 aliphatic carbocycles. The third-order valence-electron chi connectivity index (χ3n) is 2.69. The molecule has 2 aromatic heterocycles. The van der Waals surface area contributed by atoms with E-state index in [9.17, 15) is 0 Å². The second-order valence-corrected chi connectivity index (χ2v) is 6.98. The molecule has 3 rings (SSSR count). The molecule has 102 valence electrons. The molecule has 0 saturated carbocycles. The summed E-state index contributed by atoms with van der Waals surface area (Å²) < 4.78 is 1.20. The summed E-state index contributed by atoms with van der Waals surface area (Å²) in [6, 6.07) is 12.4. The van der Waals surface area contributed by atoms with E-state index in [-0.39, 0.29) is 0 Å². The Morgan fingerprint density at radius 2 is 1.90 bits per heavy atom. The first kappa shape index (κ1) is 13.2. The minimum absolute atomic E-state index is 0.657. The quantitative estimate of drug-likeness (QED) is 0.751. The lowest BCUT2D eigenvalue weighted by molar-refractivity contribution is 0.975. The van der Waals surface area contributed by atoms with Crippen LogP contribution >= 0.6 is 23.1 Å².